The lowest BCUT2D eigenvalue weighted by atomic mass is 9.97. The van der Waals surface area contributed by atoms with Crippen LogP contribution in [0.1, 0.15) is 33.1 Å². The molecule has 1 aromatic rings. The van der Waals surface area contributed by atoms with E-state index in [4.69, 9.17) is 5.73 Å². The number of hydrogen-bond acceptors (Lipinski definition) is 3. The third-order valence-corrected chi connectivity index (χ3v) is 3.43. The van der Waals surface area contributed by atoms with E-state index in [1.54, 1.807) is 17.1 Å². The van der Waals surface area contributed by atoms with Crippen molar-refractivity contribution in [3.8, 4) is 0 Å². The van der Waals surface area contributed by atoms with Gasteiger partial charge in [0.2, 0.25) is 5.91 Å². The van der Waals surface area contributed by atoms with Gasteiger partial charge in [-0.3, -0.25) is 9.48 Å². The van der Waals surface area contributed by atoms with Crippen molar-refractivity contribution in [1.29, 1.82) is 0 Å². The SMILES string of the molecule is CC1CCCC(C)N1C(=O)Cn1cc(N)cn1. The molecule has 1 aromatic heterocycles. The maximum absolute atomic E-state index is 12.2. The fraction of sp³-hybridized carbons (Fsp3) is 0.667. The minimum atomic E-state index is 0.132. The molecular formula is C12H20N4O. The molecule has 1 amide bonds. The van der Waals surface area contributed by atoms with Crippen molar-refractivity contribution in [1.82, 2.24) is 14.7 Å². The van der Waals surface area contributed by atoms with E-state index in [0.29, 0.717) is 17.8 Å². The number of carbonyl (C=O) groups excluding carboxylic acids is 1. The van der Waals surface area contributed by atoms with Gasteiger partial charge in [-0.05, 0) is 33.1 Å². The molecule has 0 aliphatic carbocycles. The van der Waals surface area contributed by atoms with Crippen molar-refractivity contribution < 1.29 is 4.79 Å². The van der Waals surface area contributed by atoms with E-state index in [1.807, 2.05) is 4.90 Å². The first-order chi connectivity index (χ1) is 8.08. The van der Waals surface area contributed by atoms with Crippen LogP contribution in [0, 0.1) is 0 Å². The Labute approximate surface area is 102 Å². The number of carbonyl (C=O) groups is 1. The van der Waals surface area contributed by atoms with Crippen LogP contribution < -0.4 is 5.73 Å². The van der Waals surface area contributed by atoms with Crippen LogP contribution in [0.25, 0.3) is 0 Å². The Morgan fingerprint density at radius 2 is 2.12 bits per heavy atom. The molecule has 1 saturated heterocycles. The van der Waals surface area contributed by atoms with Crippen molar-refractivity contribution in [2.45, 2.75) is 51.7 Å². The number of rotatable bonds is 2. The molecule has 17 heavy (non-hydrogen) atoms. The summed E-state index contributed by atoms with van der Waals surface area (Å²) < 4.78 is 1.60. The van der Waals surface area contributed by atoms with Gasteiger partial charge < -0.3 is 10.6 Å². The highest BCUT2D eigenvalue weighted by Gasteiger charge is 2.28. The highest BCUT2D eigenvalue weighted by Crippen LogP contribution is 2.22. The van der Waals surface area contributed by atoms with Crippen molar-refractivity contribution >= 4 is 11.6 Å². The average molecular weight is 236 g/mol. The summed E-state index contributed by atoms with van der Waals surface area (Å²) in [6.45, 7) is 4.52. The topological polar surface area (TPSA) is 64.2 Å². The second kappa shape index (κ2) is 4.77. The molecule has 1 fully saturated rings. The second-order valence-electron chi connectivity index (χ2n) is 4.90. The number of nitrogens with two attached hydrogens (primary N) is 1. The zero-order chi connectivity index (χ0) is 12.4. The van der Waals surface area contributed by atoms with Gasteiger partial charge in [0, 0.05) is 18.3 Å². The first-order valence-electron chi connectivity index (χ1n) is 6.17. The van der Waals surface area contributed by atoms with Crippen molar-refractivity contribution in [2.24, 2.45) is 0 Å². The smallest absolute Gasteiger partial charge is 0.244 e. The molecule has 94 valence electrons. The zero-order valence-electron chi connectivity index (χ0n) is 10.5. The van der Waals surface area contributed by atoms with E-state index in [2.05, 4.69) is 18.9 Å². The molecule has 0 bridgehead atoms. The second-order valence-corrected chi connectivity index (χ2v) is 4.90. The van der Waals surface area contributed by atoms with E-state index >= 15 is 0 Å². The van der Waals surface area contributed by atoms with Gasteiger partial charge in [-0.15, -0.1) is 0 Å². The summed E-state index contributed by atoms with van der Waals surface area (Å²) in [5.74, 6) is 0.132. The molecule has 2 atom stereocenters. The van der Waals surface area contributed by atoms with Gasteiger partial charge >= 0.3 is 0 Å². The summed E-state index contributed by atoms with van der Waals surface area (Å²) in [5, 5.41) is 4.04. The van der Waals surface area contributed by atoms with Gasteiger partial charge in [0.1, 0.15) is 6.54 Å². The number of likely N-dealkylation sites (tertiary alicyclic amines) is 1. The van der Waals surface area contributed by atoms with E-state index in [-0.39, 0.29) is 12.5 Å². The average Bonchev–Trinajstić information content (AvgIpc) is 2.63. The van der Waals surface area contributed by atoms with Crippen LogP contribution in [-0.4, -0.2) is 32.7 Å². The largest absolute Gasteiger partial charge is 0.396 e. The summed E-state index contributed by atoms with van der Waals surface area (Å²) in [4.78, 5) is 14.2. The summed E-state index contributed by atoms with van der Waals surface area (Å²) in [6, 6.07) is 0.665. The van der Waals surface area contributed by atoms with Gasteiger partial charge in [0.05, 0.1) is 11.9 Å². The first-order valence-corrected chi connectivity index (χ1v) is 6.17. The number of nitrogens with zero attached hydrogens (tertiary/aromatic N) is 3. The van der Waals surface area contributed by atoms with Crippen LogP contribution in [0.5, 0.6) is 0 Å². The fourth-order valence-corrected chi connectivity index (χ4v) is 2.60. The summed E-state index contributed by atoms with van der Waals surface area (Å²) >= 11 is 0. The third-order valence-electron chi connectivity index (χ3n) is 3.43. The highest BCUT2D eigenvalue weighted by atomic mass is 16.2. The Kier molecular flexibility index (Phi) is 3.36. The minimum Gasteiger partial charge on any atom is -0.396 e. The molecule has 5 heteroatoms. The number of hydrogen-bond donors (Lipinski definition) is 1. The van der Waals surface area contributed by atoms with Gasteiger partial charge in [-0.1, -0.05) is 0 Å². The summed E-state index contributed by atoms with van der Waals surface area (Å²) in [5.41, 5.74) is 6.17. The van der Waals surface area contributed by atoms with Crippen LogP contribution in [0.2, 0.25) is 0 Å². The maximum atomic E-state index is 12.2. The zero-order valence-corrected chi connectivity index (χ0v) is 10.5. The fourth-order valence-electron chi connectivity index (χ4n) is 2.60. The molecule has 2 N–H and O–H groups in total. The lowest BCUT2D eigenvalue weighted by Gasteiger charge is -2.39. The summed E-state index contributed by atoms with van der Waals surface area (Å²) in [6.07, 6.45) is 6.66. The van der Waals surface area contributed by atoms with E-state index in [0.717, 1.165) is 12.8 Å². The lowest BCUT2D eigenvalue weighted by Crippen LogP contribution is -2.48. The van der Waals surface area contributed by atoms with E-state index in [1.165, 1.54) is 6.42 Å². The molecule has 2 unspecified atom stereocenters. The number of piperidine rings is 1. The molecule has 0 aromatic carbocycles. The normalized spacial score (nSPS) is 24.9. The first kappa shape index (κ1) is 12.0. The van der Waals surface area contributed by atoms with Crippen LogP contribution in [0.4, 0.5) is 5.69 Å². The summed E-state index contributed by atoms with van der Waals surface area (Å²) in [7, 11) is 0. The maximum Gasteiger partial charge on any atom is 0.244 e. The van der Waals surface area contributed by atoms with Gasteiger partial charge in [0.15, 0.2) is 0 Å². The lowest BCUT2D eigenvalue weighted by molar-refractivity contribution is -0.138. The molecule has 0 radical (unpaired) electrons. The van der Waals surface area contributed by atoms with Gasteiger partial charge in [0.25, 0.3) is 0 Å². The quantitative estimate of drug-likeness (QED) is 0.840. The van der Waals surface area contributed by atoms with Crippen molar-refractivity contribution in [2.75, 3.05) is 5.73 Å². The molecule has 1 aliphatic heterocycles. The molecule has 2 rings (SSSR count). The Balaban J connectivity index is 2.03. The Morgan fingerprint density at radius 3 is 2.65 bits per heavy atom. The van der Waals surface area contributed by atoms with Gasteiger partial charge in [-0.25, -0.2) is 0 Å². The highest BCUT2D eigenvalue weighted by molar-refractivity contribution is 5.76. The predicted octanol–water partition coefficient (Wildman–Crippen LogP) is 1.25. The van der Waals surface area contributed by atoms with Crippen LogP contribution in [0.15, 0.2) is 12.4 Å². The monoisotopic (exact) mass is 236 g/mol. The standard InChI is InChI=1S/C12H20N4O/c1-9-4-3-5-10(2)16(9)12(17)8-15-7-11(13)6-14-15/h6-7,9-10H,3-5,8,13H2,1-2H3. The molecule has 0 spiro atoms. The number of nitrogen functional groups attached to an aromatic ring is 1. The predicted molar refractivity (Wildman–Crippen MR) is 66.3 cm³/mol. The molecule has 5 nitrogen and oxygen atoms in total. The Bertz CT molecular complexity index is 391. The molecule has 1 aliphatic rings. The molecule has 0 saturated carbocycles. The number of anilines is 1. The third kappa shape index (κ3) is 2.60. The van der Waals surface area contributed by atoms with E-state index < -0.39 is 0 Å². The van der Waals surface area contributed by atoms with Gasteiger partial charge in [-0.2, -0.15) is 5.10 Å². The van der Waals surface area contributed by atoms with Crippen LogP contribution in [-0.2, 0) is 11.3 Å². The minimum absolute atomic E-state index is 0.132. The van der Waals surface area contributed by atoms with E-state index in [9.17, 15) is 4.79 Å². The van der Waals surface area contributed by atoms with Crippen molar-refractivity contribution in [3.05, 3.63) is 12.4 Å². The Morgan fingerprint density at radius 1 is 1.47 bits per heavy atom. The van der Waals surface area contributed by atoms with Crippen molar-refractivity contribution in [3.63, 3.8) is 0 Å². The molecular weight excluding hydrogens is 216 g/mol. The van der Waals surface area contributed by atoms with Crippen LogP contribution >= 0.6 is 0 Å². The Hall–Kier alpha value is -1.52. The molecule has 2 heterocycles. The number of aromatic nitrogens is 2. The van der Waals surface area contributed by atoms with Crippen LogP contribution in [0.3, 0.4) is 0 Å². The number of amides is 1.